The molecule has 0 aromatic carbocycles. The third kappa shape index (κ3) is 1.69. The monoisotopic (exact) mass is 157 g/mol. The molecule has 0 bridgehead atoms. The minimum Gasteiger partial charge on any atom is -0.481 e. The van der Waals surface area contributed by atoms with Gasteiger partial charge in [0, 0.05) is 20.0 Å². The number of carbonyl (C=O) groups excluding carboxylic acids is 1. The van der Waals surface area contributed by atoms with Crippen LogP contribution in [0.5, 0.6) is 0 Å². The number of piperidine rings is 1. The molecule has 1 fully saturated rings. The predicted octanol–water partition coefficient (Wildman–Crippen LogP) is -0.0606. The number of aliphatic carboxylic acids is 1. The van der Waals surface area contributed by atoms with Crippen LogP contribution in [0.1, 0.15) is 12.8 Å². The minimum atomic E-state index is -0.802. The summed E-state index contributed by atoms with van der Waals surface area (Å²) in [6.45, 7) is 0.355. The van der Waals surface area contributed by atoms with Gasteiger partial charge in [0.1, 0.15) is 0 Å². The number of nitrogens with zero attached hydrogens (tertiary/aromatic N) is 1. The Morgan fingerprint density at radius 1 is 1.73 bits per heavy atom. The van der Waals surface area contributed by atoms with Gasteiger partial charge in [0.15, 0.2) is 0 Å². The Labute approximate surface area is 64.8 Å². The van der Waals surface area contributed by atoms with E-state index in [2.05, 4.69) is 0 Å². The molecule has 4 nitrogen and oxygen atoms in total. The molecule has 0 spiro atoms. The third-order valence-electron chi connectivity index (χ3n) is 1.98. The van der Waals surface area contributed by atoms with Crippen LogP contribution >= 0.6 is 0 Å². The SMILES string of the molecule is CN1C[C@@H](C(=O)O)CCC1=O. The molecule has 1 saturated heterocycles. The molecule has 1 aliphatic heterocycles. The maximum atomic E-state index is 10.9. The third-order valence-corrected chi connectivity index (χ3v) is 1.98. The van der Waals surface area contributed by atoms with Gasteiger partial charge >= 0.3 is 5.97 Å². The summed E-state index contributed by atoms with van der Waals surface area (Å²) in [5.74, 6) is -1.12. The van der Waals surface area contributed by atoms with Gasteiger partial charge in [-0.25, -0.2) is 0 Å². The van der Waals surface area contributed by atoms with Crippen LogP contribution < -0.4 is 0 Å². The van der Waals surface area contributed by atoms with Gasteiger partial charge in [-0.15, -0.1) is 0 Å². The van der Waals surface area contributed by atoms with Crippen LogP contribution in [0.4, 0.5) is 0 Å². The summed E-state index contributed by atoms with van der Waals surface area (Å²) in [5.41, 5.74) is 0. The van der Waals surface area contributed by atoms with Gasteiger partial charge in [-0.1, -0.05) is 0 Å². The van der Waals surface area contributed by atoms with E-state index in [1.165, 1.54) is 4.90 Å². The summed E-state index contributed by atoms with van der Waals surface area (Å²) in [6, 6.07) is 0. The highest BCUT2D eigenvalue weighted by Crippen LogP contribution is 2.15. The first kappa shape index (κ1) is 8.04. The largest absolute Gasteiger partial charge is 0.481 e. The zero-order valence-electron chi connectivity index (χ0n) is 6.41. The van der Waals surface area contributed by atoms with Crippen LogP contribution in [0.2, 0.25) is 0 Å². The van der Waals surface area contributed by atoms with E-state index < -0.39 is 5.97 Å². The summed E-state index contributed by atoms with van der Waals surface area (Å²) in [5, 5.41) is 8.60. The number of hydrogen-bond donors (Lipinski definition) is 1. The second-order valence-electron chi connectivity index (χ2n) is 2.85. The molecule has 0 unspecified atom stereocenters. The van der Waals surface area contributed by atoms with Gasteiger partial charge in [-0.2, -0.15) is 0 Å². The zero-order chi connectivity index (χ0) is 8.43. The van der Waals surface area contributed by atoms with Gasteiger partial charge in [0.05, 0.1) is 5.92 Å². The van der Waals surface area contributed by atoms with E-state index in [0.29, 0.717) is 19.4 Å². The van der Waals surface area contributed by atoms with Crippen molar-refractivity contribution in [3.63, 3.8) is 0 Å². The number of carbonyl (C=O) groups is 2. The second-order valence-corrected chi connectivity index (χ2v) is 2.85. The molecular formula is C7H11NO3. The Bertz CT molecular complexity index is 190. The summed E-state index contributed by atoms with van der Waals surface area (Å²) in [7, 11) is 1.64. The van der Waals surface area contributed by atoms with Crippen molar-refractivity contribution >= 4 is 11.9 Å². The van der Waals surface area contributed by atoms with E-state index in [9.17, 15) is 9.59 Å². The number of rotatable bonds is 1. The predicted molar refractivity (Wildman–Crippen MR) is 38.0 cm³/mol. The van der Waals surface area contributed by atoms with Crippen molar-refractivity contribution in [1.29, 1.82) is 0 Å². The maximum absolute atomic E-state index is 10.9. The quantitative estimate of drug-likeness (QED) is 0.580. The molecule has 1 amide bonds. The summed E-state index contributed by atoms with van der Waals surface area (Å²) < 4.78 is 0. The molecule has 11 heavy (non-hydrogen) atoms. The van der Waals surface area contributed by atoms with Crippen molar-refractivity contribution < 1.29 is 14.7 Å². The molecule has 1 aliphatic rings. The second kappa shape index (κ2) is 2.90. The summed E-state index contributed by atoms with van der Waals surface area (Å²) in [4.78, 5) is 22.8. The minimum absolute atomic E-state index is 0.0440. The molecule has 1 rings (SSSR count). The number of amides is 1. The van der Waals surface area contributed by atoms with Crippen LogP contribution in [-0.2, 0) is 9.59 Å². The van der Waals surface area contributed by atoms with E-state index in [4.69, 9.17) is 5.11 Å². The lowest BCUT2D eigenvalue weighted by atomic mass is 9.98. The Hall–Kier alpha value is -1.06. The van der Waals surface area contributed by atoms with E-state index in [1.54, 1.807) is 7.05 Å². The first-order valence-electron chi connectivity index (χ1n) is 3.58. The summed E-state index contributed by atoms with van der Waals surface area (Å²) in [6.07, 6.45) is 0.853. The van der Waals surface area contributed by atoms with Crippen molar-refractivity contribution in [2.45, 2.75) is 12.8 Å². The van der Waals surface area contributed by atoms with Gasteiger partial charge < -0.3 is 10.0 Å². The molecule has 4 heteroatoms. The molecule has 0 aromatic rings. The van der Waals surface area contributed by atoms with Crippen molar-refractivity contribution in [3.05, 3.63) is 0 Å². The van der Waals surface area contributed by atoms with Crippen molar-refractivity contribution in [3.8, 4) is 0 Å². The van der Waals surface area contributed by atoms with E-state index in [1.807, 2.05) is 0 Å². The molecule has 0 saturated carbocycles. The van der Waals surface area contributed by atoms with E-state index in [0.717, 1.165) is 0 Å². The highest BCUT2D eigenvalue weighted by Gasteiger charge is 2.27. The Morgan fingerprint density at radius 3 is 2.82 bits per heavy atom. The lowest BCUT2D eigenvalue weighted by molar-refractivity contribution is -0.146. The average molecular weight is 157 g/mol. The lowest BCUT2D eigenvalue weighted by Crippen LogP contribution is -2.39. The van der Waals surface area contributed by atoms with Crippen molar-refractivity contribution in [2.75, 3.05) is 13.6 Å². The molecule has 1 atom stereocenters. The molecule has 0 radical (unpaired) electrons. The topological polar surface area (TPSA) is 57.6 Å². The summed E-state index contributed by atoms with van der Waals surface area (Å²) >= 11 is 0. The standard InChI is InChI=1S/C7H11NO3/c1-8-4-5(7(10)11)2-3-6(8)9/h5H,2-4H2,1H3,(H,10,11)/t5-/m0/s1. The van der Waals surface area contributed by atoms with Crippen LogP contribution in [0, 0.1) is 5.92 Å². The fourth-order valence-corrected chi connectivity index (χ4v) is 1.21. The van der Waals surface area contributed by atoms with Crippen LogP contribution in [-0.4, -0.2) is 35.5 Å². The fourth-order valence-electron chi connectivity index (χ4n) is 1.21. The van der Waals surface area contributed by atoms with E-state index in [-0.39, 0.29) is 11.8 Å². The molecule has 0 aromatic heterocycles. The average Bonchev–Trinajstić information content (AvgIpc) is 1.94. The van der Waals surface area contributed by atoms with Gasteiger partial charge in [0.2, 0.25) is 5.91 Å². The first-order chi connectivity index (χ1) is 5.11. The smallest absolute Gasteiger partial charge is 0.308 e. The lowest BCUT2D eigenvalue weighted by Gasteiger charge is -2.26. The molecule has 0 aliphatic carbocycles. The highest BCUT2D eigenvalue weighted by atomic mass is 16.4. The van der Waals surface area contributed by atoms with Gasteiger partial charge in [-0.3, -0.25) is 9.59 Å². The highest BCUT2D eigenvalue weighted by molar-refractivity contribution is 5.80. The fraction of sp³-hybridized carbons (Fsp3) is 0.714. The normalized spacial score (nSPS) is 25.4. The zero-order valence-corrected chi connectivity index (χ0v) is 6.41. The van der Waals surface area contributed by atoms with Crippen LogP contribution in [0.15, 0.2) is 0 Å². The molecular weight excluding hydrogens is 146 g/mol. The van der Waals surface area contributed by atoms with E-state index >= 15 is 0 Å². The number of likely N-dealkylation sites (tertiary alicyclic amines) is 1. The number of carboxylic acids is 1. The first-order valence-corrected chi connectivity index (χ1v) is 3.58. The van der Waals surface area contributed by atoms with Gasteiger partial charge in [0.25, 0.3) is 0 Å². The Kier molecular flexibility index (Phi) is 2.12. The molecule has 62 valence electrons. The Balaban J connectivity index is 2.52. The maximum Gasteiger partial charge on any atom is 0.308 e. The Morgan fingerprint density at radius 2 is 2.36 bits per heavy atom. The van der Waals surface area contributed by atoms with Crippen molar-refractivity contribution in [2.24, 2.45) is 5.92 Å². The van der Waals surface area contributed by atoms with Crippen LogP contribution in [0.3, 0.4) is 0 Å². The number of carboxylic acid groups (broad SMARTS) is 1. The molecule has 1 N–H and O–H groups in total. The number of hydrogen-bond acceptors (Lipinski definition) is 2. The molecule has 1 heterocycles. The van der Waals surface area contributed by atoms with Crippen molar-refractivity contribution in [1.82, 2.24) is 4.90 Å². The van der Waals surface area contributed by atoms with Crippen LogP contribution in [0.25, 0.3) is 0 Å². The van der Waals surface area contributed by atoms with Gasteiger partial charge in [-0.05, 0) is 6.42 Å².